The number of methoxy groups -OCH3 is 1. The zero-order valence-electron chi connectivity index (χ0n) is 12.5. The number of fused-ring (bicyclic) bond motifs is 1. The Labute approximate surface area is 127 Å². The van der Waals surface area contributed by atoms with Crippen LogP contribution in [0.5, 0.6) is 11.5 Å². The first-order chi connectivity index (χ1) is 10.6. The van der Waals surface area contributed by atoms with E-state index >= 15 is 0 Å². The maximum Gasteiger partial charge on any atom is 0.134 e. The second-order valence-electron chi connectivity index (χ2n) is 5.29. The zero-order valence-corrected chi connectivity index (χ0v) is 12.5. The van der Waals surface area contributed by atoms with Crippen molar-refractivity contribution in [3.8, 4) is 22.6 Å². The summed E-state index contributed by atoms with van der Waals surface area (Å²) in [5.74, 6) is 0.0589. The van der Waals surface area contributed by atoms with Crippen LogP contribution in [-0.2, 0) is 6.42 Å². The Morgan fingerprint density at radius 1 is 1.23 bits per heavy atom. The van der Waals surface area contributed by atoms with E-state index in [1.54, 1.807) is 13.2 Å². The molecule has 1 aliphatic rings. The predicted octanol–water partition coefficient (Wildman–Crippen LogP) is 3.16. The number of ether oxygens (including phenoxy) is 2. The molecule has 3 rings (SSSR count). The van der Waals surface area contributed by atoms with E-state index in [0.717, 1.165) is 18.1 Å². The molecule has 1 atom stereocenters. The summed E-state index contributed by atoms with van der Waals surface area (Å²) in [6.45, 7) is 0.697. The van der Waals surface area contributed by atoms with Crippen LogP contribution in [0.3, 0.4) is 0 Å². The van der Waals surface area contributed by atoms with Gasteiger partial charge in [0, 0.05) is 35.7 Å². The Hall–Kier alpha value is -2.14. The van der Waals surface area contributed by atoms with E-state index in [-0.39, 0.29) is 6.10 Å². The average Bonchev–Trinajstić information content (AvgIpc) is 2.89. The average molecular weight is 305 g/mol. The minimum Gasteiger partial charge on any atom is -0.497 e. The number of rotatable bonds is 4. The molecule has 2 aromatic rings. The van der Waals surface area contributed by atoms with E-state index in [0.29, 0.717) is 29.2 Å². The summed E-state index contributed by atoms with van der Waals surface area (Å²) >= 11 is 0. The van der Waals surface area contributed by atoms with Crippen LogP contribution in [-0.4, -0.2) is 26.8 Å². The molecule has 1 aliphatic heterocycles. The highest BCUT2D eigenvalue weighted by molar-refractivity contribution is 5.75. The lowest BCUT2D eigenvalue weighted by Gasteiger charge is -2.13. The lowest BCUT2D eigenvalue weighted by molar-refractivity contribution is 0.232. The number of likely N-dealkylation sites (N-methyl/N-ethyl adjacent to an activating group) is 1. The first-order valence-electron chi connectivity index (χ1n) is 7.10. The van der Waals surface area contributed by atoms with E-state index in [4.69, 9.17) is 9.47 Å². The minimum absolute atomic E-state index is 0.00522. The van der Waals surface area contributed by atoms with Gasteiger partial charge in [-0.3, -0.25) is 0 Å². The Kier molecular flexibility index (Phi) is 3.98. The van der Waals surface area contributed by atoms with Gasteiger partial charge in [0.05, 0.1) is 7.11 Å². The van der Waals surface area contributed by atoms with E-state index in [1.165, 1.54) is 12.1 Å². The summed E-state index contributed by atoms with van der Waals surface area (Å²) in [4.78, 5) is 0. The Morgan fingerprint density at radius 3 is 2.73 bits per heavy atom. The monoisotopic (exact) mass is 305 g/mol. The first-order valence-corrected chi connectivity index (χ1v) is 7.10. The molecule has 1 heterocycles. The smallest absolute Gasteiger partial charge is 0.134 e. The molecule has 0 fully saturated rings. The molecule has 1 unspecified atom stereocenters. The van der Waals surface area contributed by atoms with Crippen molar-refractivity contribution in [2.75, 3.05) is 20.7 Å². The number of hydrogen-bond acceptors (Lipinski definition) is 3. The van der Waals surface area contributed by atoms with Crippen molar-refractivity contribution in [1.82, 2.24) is 5.32 Å². The van der Waals surface area contributed by atoms with Crippen molar-refractivity contribution in [1.29, 1.82) is 0 Å². The molecular formula is C17H17F2NO2. The topological polar surface area (TPSA) is 30.5 Å². The quantitative estimate of drug-likeness (QED) is 0.941. The molecular weight excluding hydrogens is 288 g/mol. The first kappa shape index (κ1) is 14.8. The SMILES string of the molecule is CNCC1Cc2cc(OC)cc(-c3ccc(F)cc3F)c2O1. The lowest BCUT2D eigenvalue weighted by Crippen LogP contribution is -2.27. The molecule has 3 nitrogen and oxygen atoms in total. The number of halogens is 2. The molecule has 116 valence electrons. The Morgan fingerprint density at radius 2 is 2.05 bits per heavy atom. The summed E-state index contributed by atoms with van der Waals surface area (Å²) in [7, 11) is 3.42. The fourth-order valence-corrected chi connectivity index (χ4v) is 2.77. The van der Waals surface area contributed by atoms with Crippen molar-refractivity contribution in [3.05, 3.63) is 47.5 Å². The normalized spacial score (nSPS) is 16.3. The second-order valence-corrected chi connectivity index (χ2v) is 5.29. The highest BCUT2D eigenvalue weighted by atomic mass is 19.1. The standard InChI is InChI=1S/C17H17F2NO2/c1-20-9-13-6-10-5-12(21-2)8-15(17(10)22-13)14-4-3-11(18)7-16(14)19/h3-5,7-8,13,20H,6,9H2,1-2H3. The molecule has 5 heteroatoms. The van der Waals surface area contributed by atoms with Gasteiger partial charge < -0.3 is 14.8 Å². The van der Waals surface area contributed by atoms with Crippen LogP contribution in [0.1, 0.15) is 5.56 Å². The fraction of sp³-hybridized carbons (Fsp3) is 0.294. The van der Waals surface area contributed by atoms with Crippen molar-refractivity contribution in [2.24, 2.45) is 0 Å². The number of nitrogens with one attached hydrogen (secondary N) is 1. The van der Waals surface area contributed by atoms with Crippen molar-refractivity contribution >= 4 is 0 Å². The third-order valence-electron chi connectivity index (χ3n) is 3.76. The maximum atomic E-state index is 14.1. The molecule has 0 radical (unpaired) electrons. The van der Waals surface area contributed by atoms with Crippen LogP contribution in [0.25, 0.3) is 11.1 Å². The molecule has 0 aromatic heterocycles. The van der Waals surface area contributed by atoms with Gasteiger partial charge in [-0.2, -0.15) is 0 Å². The molecule has 0 saturated heterocycles. The molecule has 0 spiro atoms. The molecule has 2 aromatic carbocycles. The van der Waals surface area contributed by atoms with Gasteiger partial charge in [0.15, 0.2) is 0 Å². The zero-order chi connectivity index (χ0) is 15.7. The number of hydrogen-bond donors (Lipinski definition) is 1. The molecule has 0 bridgehead atoms. The third kappa shape index (κ3) is 2.64. The summed E-state index contributed by atoms with van der Waals surface area (Å²) in [6.07, 6.45) is 0.720. The van der Waals surface area contributed by atoms with E-state index < -0.39 is 11.6 Å². The van der Waals surface area contributed by atoms with Crippen LogP contribution < -0.4 is 14.8 Å². The van der Waals surface area contributed by atoms with Crippen LogP contribution in [0.15, 0.2) is 30.3 Å². The van der Waals surface area contributed by atoms with Crippen LogP contribution in [0.4, 0.5) is 8.78 Å². The third-order valence-corrected chi connectivity index (χ3v) is 3.76. The van der Waals surface area contributed by atoms with E-state index in [2.05, 4.69) is 5.32 Å². The van der Waals surface area contributed by atoms with Crippen LogP contribution in [0, 0.1) is 11.6 Å². The lowest BCUT2D eigenvalue weighted by atomic mass is 9.99. The van der Waals surface area contributed by atoms with Crippen LogP contribution in [0.2, 0.25) is 0 Å². The van der Waals surface area contributed by atoms with Gasteiger partial charge in [0.25, 0.3) is 0 Å². The maximum absolute atomic E-state index is 14.1. The van der Waals surface area contributed by atoms with Crippen molar-refractivity contribution in [2.45, 2.75) is 12.5 Å². The summed E-state index contributed by atoms with van der Waals surface area (Å²) < 4.78 is 38.5. The molecule has 0 amide bonds. The van der Waals surface area contributed by atoms with Crippen LogP contribution >= 0.6 is 0 Å². The van der Waals surface area contributed by atoms with Gasteiger partial charge in [-0.25, -0.2) is 8.78 Å². The highest BCUT2D eigenvalue weighted by Crippen LogP contribution is 2.42. The van der Waals surface area contributed by atoms with Crippen molar-refractivity contribution in [3.63, 3.8) is 0 Å². The second kappa shape index (κ2) is 5.93. The molecule has 1 N–H and O–H groups in total. The fourth-order valence-electron chi connectivity index (χ4n) is 2.77. The number of benzene rings is 2. The van der Waals surface area contributed by atoms with Gasteiger partial charge in [0.2, 0.25) is 0 Å². The Bertz CT molecular complexity index is 703. The molecule has 0 saturated carbocycles. The summed E-state index contributed by atoms with van der Waals surface area (Å²) in [6, 6.07) is 7.16. The minimum atomic E-state index is -0.615. The molecule has 22 heavy (non-hydrogen) atoms. The summed E-state index contributed by atoms with van der Waals surface area (Å²) in [5.41, 5.74) is 1.87. The predicted molar refractivity (Wildman–Crippen MR) is 80.4 cm³/mol. The van der Waals surface area contributed by atoms with E-state index in [1.807, 2.05) is 13.1 Å². The van der Waals surface area contributed by atoms with Gasteiger partial charge in [-0.05, 0) is 31.3 Å². The molecule has 0 aliphatic carbocycles. The van der Waals surface area contributed by atoms with Gasteiger partial charge >= 0.3 is 0 Å². The van der Waals surface area contributed by atoms with Gasteiger partial charge in [-0.15, -0.1) is 0 Å². The van der Waals surface area contributed by atoms with Gasteiger partial charge in [0.1, 0.15) is 29.2 Å². The highest BCUT2D eigenvalue weighted by Gasteiger charge is 2.27. The van der Waals surface area contributed by atoms with Crippen molar-refractivity contribution < 1.29 is 18.3 Å². The summed E-state index contributed by atoms with van der Waals surface area (Å²) in [5, 5.41) is 3.07. The Balaban J connectivity index is 2.10. The van der Waals surface area contributed by atoms with E-state index in [9.17, 15) is 8.78 Å². The van der Waals surface area contributed by atoms with Gasteiger partial charge in [-0.1, -0.05) is 0 Å². The largest absolute Gasteiger partial charge is 0.497 e.